The molecule has 0 aliphatic heterocycles. The van der Waals surface area contributed by atoms with Crippen LogP contribution < -0.4 is 0 Å². The van der Waals surface area contributed by atoms with Gasteiger partial charge in [-0.05, 0) is 24.3 Å². The first-order valence-corrected chi connectivity index (χ1v) is 5.33. The fraction of sp³-hybridized carbons (Fsp3) is 0. The molecule has 0 unspecified atom stereocenters. The molecule has 0 saturated carbocycles. The molecule has 0 spiro atoms. The number of phenols is 2. The summed E-state index contributed by atoms with van der Waals surface area (Å²) >= 11 is 1.34. The Balaban J connectivity index is 0.00000128. The third-order valence-electron chi connectivity index (χ3n) is 1.95. The second-order valence-corrected chi connectivity index (χ2v) is 4.12. The van der Waals surface area contributed by atoms with Gasteiger partial charge in [-0.25, -0.2) is 0 Å². The van der Waals surface area contributed by atoms with Gasteiger partial charge in [-0.2, -0.15) is 0 Å². The van der Waals surface area contributed by atoms with Crippen molar-refractivity contribution in [3.05, 3.63) is 48.5 Å². The summed E-state index contributed by atoms with van der Waals surface area (Å²) in [6.07, 6.45) is 0. The quantitative estimate of drug-likeness (QED) is 0.885. The summed E-state index contributed by atoms with van der Waals surface area (Å²) in [5.41, 5.74) is 0. The maximum atomic E-state index is 9.56. The van der Waals surface area contributed by atoms with Crippen molar-refractivity contribution in [1.29, 1.82) is 0 Å². The summed E-state index contributed by atoms with van der Waals surface area (Å²) in [5, 5.41) is 19.1. The van der Waals surface area contributed by atoms with Crippen molar-refractivity contribution in [3.63, 3.8) is 0 Å². The number of para-hydroxylation sites is 2. The van der Waals surface area contributed by atoms with Gasteiger partial charge in [-0.3, -0.25) is 0 Å². The van der Waals surface area contributed by atoms with Crippen molar-refractivity contribution in [2.45, 2.75) is 9.79 Å². The average molecular weight is 277 g/mol. The summed E-state index contributed by atoms with van der Waals surface area (Å²) < 4.78 is 0. The first-order chi connectivity index (χ1) is 7.27. The topological polar surface area (TPSA) is 40.5 Å². The van der Waals surface area contributed by atoms with E-state index in [-0.39, 0.29) is 28.3 Å². The van der Waals surface area contributed by atoms with Crippen molar-refractivity contribution in [2.75, 3.05) is 0 Å². The summed E-state index contributed by atoms with van der Waals surface area (Å²) in [6.45, 7) is 0. The zero-order valence-corrected chi connectivity index (χ0v) is 10.1. The molecule has 0 fully saturated rings. The summed E-state index contributed by atoms with van der Waals surface area (Å²) in [5.74, 6) is 0.455. The standard InChI is InChI=1S/C12H10O2S.Co/c13-9-5-1-3-7-11(9)15-12-8-4-2-6-10(12)14;/h1-8,13-14H;. The smallest absolute Gasteiger partial charge is 0.129 e. The Kier molecular flexibility index (Phi) is 4.73. The van der Waals surface area contributed by atoms with E-state index in [9.17, 15) is 10.2 Å². The molecule has 0 aromatic heterocycles. The van der Waals surface area contributed by atoms with Crippen molar-refractivity contribution in [2.24, 2.45) is 0 Å². The Bertz CT molecular complexity index is 431. The van der Waals surface area contributed by atoms with Crippen LogP contribution >= 0.6 is 11.8 Å². The van der Waals surface area contributed by atoms with Crippen molar-refractivity contribution < 1.29 is 27.0 Å². The van der Waals surface area contributed by atoms with E-state index in [0.29, 0.717) is 0 Å². The third-order valence-corrected chi connectivity index (χ3v) is 3.08. The van der Waals surface area contributed by atoms with Gasteiger partial charge in [-0.15, -0.1) is 0 Å². The van der Waals surface area contributed by atoms with Gasteiger partial charge in [0.05, 0.1) is 9.79 Å². The molecule has 2 aromatic rings. The van der Waals surface area contributed by atoms with Crippen molar-refractivity contribution in [1.82, 2.24) is 0 Å². The third kappa shape index (κ3) is 2.94. The number of benzene rings is 2. The minimum Gasteiger partial charge on any atom is -0.507 e. The van der Waals surface area contributed by atoms with Crippen LogP contribution in [0.3, 0.4) is 0 Å². The molecule has 0 aliphatic rings. The second kappa shape index (κ2) is 5.84. The normalized spacial score (nSPS) is 9.50. The monoisotopic (exact) mass is 277 g/mol. The fourth-order valence-corrected chi connectivity index (χ4v) is 2.08. The van der Waals surface area contributed by atoms with Crippen LogP contribution in [0.15, 0.2) is 58.3 Å². The maximum Gasteiger partial charge on any atom is 0.129 e. The Morgan fingerprint density at radius 3 is 1.44 bits per heavy atom. The molecule has 1 radical (unpaired) electrons. The summed E-state index contributed by atoms with van der Waals surface area (Å²) in [4.78, 5) is 1.47. The van der Waals surface area contributed by atoms with Crippen LogP contribution in [0, 0.1) is 0 Å². The predicted molar refractivity (Wildman–Crippen MR) is 60.3 cm³/mol. The van der Waals surface area contributed by atoms with Gasteiger partial charge >= 0.3 is 0 Å². The van der Waals surface area contributed by atoms with E-state index in [0.717, 1.165) is 9.79 Å². The maximum absolute atomic E-state index is 9.56. The van der Waals surface area contributed by atoms with E-state index in [4.69, 9.17) is 0 Å². The van der Waals surface area contributed by atoms with Gasteiger partial charge < -0.3 is 10.2 Å². The summed E-state index contributed by atoms with van der Waals surface area (Å²) in [7, 11) is 0. The second-order valence-electron chi connectivity index (χ2n) is 3.04. The average Bonchev–Trinajstić information content (AvgIpc) is 2.24. The molecule has 0 amide bonds. The van der Waals surface area contributed by atoms with Crippen LogP contribution in [-0.2, 0) is 16.8 Å². The first-order valence-electron chi connectivity index (χ1n) is 4.51. The SMILES string of the molecule is Oc1ccccc1Sc1ccccc1O.[Co]. The van der Waals surface area contributed by atoms with Gasteiger partial charge in [-0.1, -0.05) is 36.0 Å². The molecule has 2 aromatic carbocycles. The van der Waals surface area contributed by atoms with E-state index < -0.39 is 0 Å². The number of hydrogen-bond acceptors (Lipinski definition) is 3. The van der Waals surface area contributed by atoms with Gasteiger partial charge in [0.2, 0.25) is 0 Å². The molecule has 0 bridgehead atoms. The Morgan fingerprint density at radius 1 is 0.688 bits per heavy atom. The van der Waals surface area contributed by atoms with E-state index in [1.807, 2.05) is 24.3 Å². The van der Waals surface area contributed by atoms with E-state index >= 15 is 0 Å². The molecule has 2 nitrogen and oxygen atoms in total. The van der Waals surface area contributed by atoms with Crippen LogP contribution in [0.4, 0.5) is 0 Å². The van der Waals surface area contributed by atoms with Gasteiger partial charge in [0.15, 0.2) is 0 Å². The van der Waals surface area contributed by atoms with Gasteiger partial charge in [0.1, 0.15) is 11.5 Å². The molecular formula is C12H10CoO2S. The number of aromatic hydroxyl groups is 2. The van der Waals surface area contributed by atoms with E-state index in [2.05, 4.69) is 0 Å². The Hall–Kier alpha value is -1.10. The Labute approximate surface area is 109 Å². The summed E-state index contributed by atoms with van der Waals surface area (Å²) in [6, 6.07) is 14.1. The predicted octanol–water partition coefficient (Wildman–Crippen LogP) is 3.25. The molecule has 0 aliphatic carbocycles. The number of phenolic OH excluding ortho intramolecular Hbond substituents is 2. The van der Waals surface area contributed by atoms with Crippen molar-refractivity contribution >= 4 is 11.8 Å². The molecule has 4 heteroatoms. The molecule has 0 atom stereocenters. The first kappa shape index (κ1) is 13.0. The van der Waals surface area contributed by atoms with E-state index in [1.165, 1.54) is 11.8 Å². The van der Waals surface area contributed by atoms with Gasteiger partial charge in [0.25, 0.3) is 0 Å². The largest absolute Gasteiger partial charge is 0.507 e. The molecule has 0 saturated heterocycles. The molecule has 16 heavy (non-hydrogen) atoms. The molecule has 0 heterocycles. The molecular weight excluding hydrogens is 267 g/mol. The number of hydrogen-bond donors (Lipinski definition) is 2. The Morgan fingerprint density at radius 2 is 1.06 bits per heavy atom. The minimum atomic E-state index is 0. The molecule has 85 valence electrons. The van der Waals surface area contributed by atoms with Gasteiger partial charge in [0, 0.05) is 16.8 Å². The van der Waals surface area contributed by atoms with E-state index in [1.54, 1.807) is 24.3 Å². The van der Waals surface area contributed by atoms with Crippen LogP contribution in [0.5, 0.6) is 11.5 Å². The zero-order valence-electron chi connectivity index (χ0n) is 8.25. The van der Waals surface area contributed by atoms with Crippen LogP contribution in [-0.4, -0.2) is 10.2 Å². The number of rotatable bonds is 2. The van der Waals surface area contributed by atoms with Crippen LogP contribution in [0.25, 0.3) is 0 Å². The zero-order chi connectivity index (χ0) is 10.7. The molecule has 2 N–H and O–H groups in total. The van der Waals surface area contributed by atoms with Crippen molar-refractivity contribution in [3.8, 4) is 11.5 Å². The van der Waals surface area contributed by atoms with Crippen LogP contribution in [0.1, 0.15) is 0 Å². The fourth-order valence-electron chi connectivity index (χ4n) is 1.21. The molecule has 2 rings (SSSR count). The minimum absolute atomic E-state index is 0. The van der Waals surface area contributed by atoms with Crippen LogP contribution in [0.2, 0.25) is 0 Å².